The van der Waals surface area contributed by atoms with Gasteiger partial charge in [0, 0.05) is 33.0 Å². The van der Waals surface area contributed by atoms with Crippen LogP contribution < -0.4 is 5.32 Å². The molecule has 0 heterocycles. The van der Waals surface area contributed by atoms with Crippen molar-refractivity contribution in [3.8, 4) is 0 Å². The number of amides is 1. The number of ether oxygens (including phenoxy) is 1. The van der Waals surface area contributed by atoms with E-state index in [0.29, 0.717) is 19.1 Å². The second-order valence-electron chi connectivity index (χ2n) is 10.3. The van der Waals surface area contributed by atoms with Crippen molar-refractivity contribution in [2.24, 2.45) is 11.8 Å². The summed E-state index contributed by atoms with van der Waals surface area (Å²) in [5.41, 5.74) is 2.28. The molecule has 1 amide bonds. The fourth-order valence-electron chi connectivity index (χ4n) is 4.52. The predicted octanol–water partition coefficient (Wildman–Crippen LogP) is 5.77. The Bertz CT molecular complexity index is 839. The predicted molar refractivity (Wildman–Crippen MR) is 144 cm³/mol. The highest BCUT2D eigenvalue weighted by molar-refractivity contribution is 5.73. The van der Waals surface area contributed by atoms with E-state index in [-0.39, 0.29) is 17.9 Å². The third-order valence-corrected chi connectivity index (χ3v) is 6.39. The number of aryl methyl sites for hydroxylation is 1. The zero-order valence-corrected chi connectivity index (χ0v) is 22.4. The summed E-state index contributed by atoms with van der Waals surface area (Å²) in [4.78, 5) is 14.4. The number of aliphatic hydroxyl groups is 1. The van der Waals surface area contributed by atoms with Crippen molar-refractivity contribution in [3.63, 3.8) is 0 Å². The number of nitrogens with zero attached hydrogens (tertiary/aromatic N) is 1. The minimum atomic E-state index is -1.49. The fraction of sp³-hybridized carbons (Fsp3) is 0.567. The lowest BCUT2D eigenvalue weighted by Crippen LogP contribution is -2.54. The van der Waals surface area contributed by atoms with Gasteiger partial charge in [0.05, 0.1) is 6.61 Å². The van der Waals surface area contributed by atoms with Crippen LogP contribution in [0, 0.1) is 11.8 Å². The second-order valence-corrected chi connectivity index (χ2v) is 10.3. The molecule has 5 nitrogen and oxygen atoms in total. The molecule has 194 valence electrons. The first-order valence-electron chi connectivity index (χ1n) is 13.2. The van der Waals surface area contributed by atoms with Gasteiger partial charge in [-0.05, 0) is 42.2 Å². The molecule has 2 aromatic carbocycles. The Hall–Kier alpha value is -2.21. The average Bonchev–Trinajstić information content (AvgIpc) is 2.83. The van der Waals surface area contributed by atoms with Gasteiger partial charge in [-0.3, -0.25) is 10.1 Å². The molecule has 0 aliphatic heterocycles. The van der Waals surface area contributed by atoms with Crippen LogP contribution in [0.1, 0.15) is 71.4 Å². The summed E-state index contributed by atoms with van der Waals surface area (Å²) in [6.45, 7) is 11.6. The summed E-state index contributed by atoms with van der Waals surface area (Å²) >= 11 is 0. The molecule has 1 unspecified atom stereocenters. The molecule has 2 N–H and O–H groups in total. The minimum absolute atomic E-state index is 0.0125. The van der Waals surface area contributed by atoms with E-state index in [2.05, 4.69) is 50.4 Å². The van der Waals surface area contributed by atoms with Crippen LogP contribution in [-0.4, -0.2) is 41.0 Å². The highest BCUT2D eigenvalue weighted by Gasteiger charge is 2.31. The van der Waals surface area contributed by atoms with Gasteiger partial charge in [-0.15, -0.1) is 0 Å². The van der Waals surface area contributed by atoms with Gasteiger partial charge in [0.15, 0.2) is 0 Å². The lowest BCUT2D eigenvalue weighted by molar-refractivity contribution is -0.226. The average molecular weight is 483 g/mol. The van der Waals surface area contributed by atoms with Crippen molar-refractivity contribution < 1.29 is 14.6 Å². The van der Waals surface area contributed by atoms with Crippen molar-refractivity contribution in [3.05, 3.63) is 71.8 Å². The Kier molecular flexibility index (Phi) is 12.5. The van der Waals surface area contributed by atoms with E-state index in [4.69, 9.17) is 4.74 Å². The molecule has 5 heteroatoms. The second kappa shape index (κ2) is 15.0. The number of hydrogen-bond acceptors (Lipinski definition) is 4. The maximum absolute atomic E-state index is 12.5. The van der Waals surface area contributed by atoms with Crippen LogP contribution in [0.25, 0.3) is 0 Å². The van der Waals surface area contributed by atoms with Gasteiger partial charge in [0.2, 0.25) is 11.8 Å². The lowest BCUT2D eigenvalue weighted by Gasteiger charge is -2.38. The largest absolute Gasteiger partial charge is 0.353 e. The third kappa shape index (κ3) is 11.4. The van der Waals surface area contributed by atoms with Crippen LogP contribution in [-0.2, 0) is 22.6 Å². The van der Waals surface area contributed by atoms with Gasteiger partial charge in [-0.2, -0.15) is 0 Å². The Morgan fingerprint density at radius 2 is 1.60 bits per heavy atom. The molecule has 0 fully saturated rings. The van der Waals surface area contributed by atoms with Gasteiger partial charge in [-0.25, -0.2) is 0 Å². The molecule has 0 bridgehead atoms. The third-order valence-electron chi connectivity index (χ3n) is 6.39. The van der Waals surface area contributed by atoms with E-state index in [1.165, 1.54) is 5.56 Å². The molecule has 0 spiro atoms. The number of hydrogen-bond donors (Lipinski definition) is 2. The van der Waals surface area contributed by atoms with E-state index in [9.17, 15) is 9.90 Å². The topological polar surface area (TPSA) is 61.8 Å². The maximum atomic E-state index is 12.5. The summed E-state index contributed by atoms with van der Waals surface area (Å²) in [7, 11) is 0. The van der Waals surface area contributed by atoms with Gasteiger partial charge >= 0.3 is 0 Å². The highest BCUT2D eigenvalue weighted by Crippen LogP contribution is 2.23. The van der Waals surface area contributed by atoms with Crippen LogP contribution in [0.3, 0.4) is 0 Å². The number of unbranched alkanes of at least 4 members (excludes halogenated alkanes) is 1. The summed E-state index contributed by atoms with van der Waals surface area (Å²) < 4.78 is 5.93. The van der Waals surface area contributed by atoms with Crippen LogP contribution in [0.2, 0.25) is 0 Å². The zero-order valence-electron chi connectivity index (χ0n) is 22.4. The van der Waals surface area contributed by atoms with Crippen molar-refractivity contribution in [2.45, 2.75) is 85.3 Å². The van der Waals surface area contributed by atoms with Crippen LogP contribution in [0.15, 0.2) is 60.7 Å². The van der Waals surface area contributed by atoms with Crippen molar-refractivity contribution >= 4 is 5.91 Å². The molecule has 2 rings (SSSR count). The Morgan fingerprint density at radius 1 is 1.00 bits per heavy atom. The summed E-state index contributed by atoms with van der Waals surface area (Å²) in [6.07, 6.45) is 4.89. The van der Waals surface area contributed by atoms with Crippen molar-refractivity contribution in [2.75, 3.05) is 13.1 Å². The van der Waals surface area contributed by atoms with Crippen molar-refractivity contribution in [1.82, 2.24) is 10.2 Å². The minimum Gasteiger partial charge on any atom is -0.353 e. The van der Waals surface area contributed by atoms with Crippen LogP contribution in [0.4, 0.5) is 0 Å². The number of benzene rings is 2. The number of nitrogens with one attached hydrogen (secondary N) is 1. The van der Waals surface area contributed by atoms with Crippen molar-refractivity contribution in [1.29, 1.82) is 0 Å². The monoisotopic (exact) mass is 482 g/mol. The SMILES string of the molecule is CCCC[C@H](CN(CC(C)C)C(C)=O)[C@H](CCc1ccccc1)NC(C)(O)OCc1ccccc1. The molecular weight excluding hydrogens is 436 g/mol. The Morgan fingerprint density at radius 3 is 2.14 bits per heavy atom. The standard InChI is InChI=1S/C30H46N2O3/c1-6-7-18-28(22-32(25(4)33)21-24(2)3)29(20-19-26-14-10-8-11-15-26)31-30(5,34)35-23-27-16-12-9-13-17-27/h8-17,24,28-29,31,34H,6-7,18-23H2,1-5H3/t28-,29+,30?/m1/s1. The van der Waals surface area contributed by atoms with Gasteiger partial charge in [0.1, 0.15) is 0 Å². The van der Waals surface area contributed by atoms with E-state index < -0.39 is 5.91 Å². The summed E-state index contributed by atoms with van der Waals surface area (Å²) in [5, 5.41) is 14.6. The summed E-state index contributed by atoms with van der Waals surface area (Å²) in [6, 6.07) is 20.3. The molecule has 2 aromatic rings. The Labute approximate surface area is 212 Å². The molecule has 0 saturated carbocycles. The molecule has 35 heavy (non-hydrogen) atoms. The van der Waals surface area contributed by atoms with E-state index in [0.717, 1.165) is 44.2 Å². The Balaban J connectivity index is 2.21. The highest BCUT2D eigenvalue weighted by atomic mass is 16.6. The molecule has 0 aliphatic rings. The van der Waals surface area contributed by atoms with Crippen LogP contribution in [0.5, 0.6) is 0 Å². The van der Waals surface area contributed by atoms with Gasteiger partial charge in [0.25, 0.3) is 0 Å². The van der Waals surface area contributed by atoms with Gasteiger partial charge in [-0.1, -0.05) is 94.3 Å². The first-order valence-corrected chi connectivity index (χ1v) is 13.2. The lowest BCUT2D eigenvalue weighted by atomic mass is 9.88. The molecular formula is C30H46N2O3. The van der Waals surface area contributed by atoms with Gasteiger partial charge < -0.3 is 14.7 Å². The molecule has 0 aliphatic carbocycles. The van der Waals surface area contributed by atoms with Crippen LogP contribution >= 0.6 is 0 Å². The normalized spacial score (nSPS) is 14.9. The number of carbonyl (C=O) groups excluding carboxylic acids is 1. The van der Waals surface area contributed by atoms with E-state index in [1.54, 1.807) is 13.8 Å². The molecule has 0 saturated heterocycles. The number of rotatable bonds is 16. The first-order chi connectivity index (χ1) is 16.7. The quantitative estimate of drug-likeness (QED) is 0.298. The van der Waals surface area contributed by atoms with E-state index in [1.807, 2.05) is 41.3 Å². The fourth-order valence-corrected chi connectivity index (χ4v) is 4.52. The summed E-state index contributed by atoms with van der Waals surface area (Å²) in [5.74, 6) is -0.776. The smallest absolute Gasteiger partial charge is 0.222 e. The number of carbonyl (C=O) groups is 1. The molecule has 3 atom stereocenters. The molecule has 0 aromatic heterocycles. The van der Waals surface area contributed by atoms with E-state index >= 15 is 0 Å². The zero-order chi connectivity index (χ0) is 25.7. The maximum Gasteiger partial charge on any atom is 0.222 e. The first kappa shape index (κ1) is 29.0. The molecule has 0 radical (unpaired) electrons.